The minimum Gasteiger partial charge on any atom is -0.381 e. The first-order chi connectivity index (χ1) is 9.91. The zero-order valence-corrected chi connectivity index (χ0v) is 15.0. The molecule has 0 aliphatic rings. The van der Waals surface area contributed by atoms with Crippen molar-refractivity contribution in [2.24, 2.45) is 0 Å². The summed E-state index contributed by atoms with van der Waals surface area (Å²) in [4.78, 5) is 0. The van der Waals surface area contributed by atoms with Gasteiger partial charge in [-0.05, 0) is 12.8 Å². The Balaban J connectivity index is 0. The molecule has 0 aromatic rings. The summed E-state index contributed by atoms with van der Waals surface area (Å²) in [5.74, 6) is 0. The van der Waals surface area contributed by atoms with E-state index in [2.05, 4.69) is 13.8 Å². The van der Waals surface area contributed by atoms with Crippen LogP contribution in [0.2, 0.25) is 0 Å². The van der Waals surface area contributed by atoms with E-state index >= 15 is 0 Å². The fourth-order valence-corrected chi connectivity index (χ4v) is 2.29. The van der Waals surface area contributed by atoms with E-state index in [0.717, 1.165) is 19.6 Å². The Labute approximate surface area is 129 Å². The second-order valence-corrected chi connectivity index (χ2v) is 5.50. The summed E-state index contributed by atoms with van der Waals surface area (Å²) in [6.07, 6.45) is 18.2. The van der Waals surface area contributed by atoms with Crippen LogP contribution in [-0.2, 0) is 4.74 Å². The van der Waals surface area contributed by atoms with Crippen molar-refractivity contribution in [3.8, 4) is 0 Å². The molecule has 0 saturated carbocycles. The summed E-state index contributed by atoms with van der Waals surface area (Å²) in [7, 11) is 0. The molecule has 0 atom stereocenters. The van der Waals surface area contributed by atoms with Crippen molar-refractivity contribution in [1.82, 2.24) is 0 Å². The highest BCUT2D eigenvalue weighted by Gasteiger charge is 1.93. The van der Waals surface area contributed by atoms with E-state index in [0.29, 0.717) is 0 Å². The molecule has 1 nitrogen and oxygen atoms in total. The lowest BCUT2D eigenvalue weighted by Crippen LogP contribution is -1.95. The summed E-state index contributed by atoms with van der Waals surface area (Å²) in [6.45, 7) is 10.4. The smallest absolute Gasteiger partial charge is 0.0466 e. The third kappa shape index (κ3) is 23.1. The minimum absolute atomic E-state index is 0.942. The summed E-state index contributed by atoms with van der Waals surface area (Å²) < 4.78 is 5.47. The molecule has 20 heavy (non-hydrogen) atoms. The van der Waals surface area contributed by atoms with Crippen molar-refractivity contribution in [2.75, 3.05) is 13.2 Å². The molecule has 0 aromatic heterocycles. The van der Waals surface area contributed by atoms with Gasteiger partial charge in [-0.1, -0.05) is 98.3 Å². The number of ether oxygens (including phenoxy) is 1. The molecule has 0 saturated heterocycles. The largest absolute Gasteiger partial charge is 0.381 e. The van der Waals surface area contributed by atoms with Gasteiger partial charge in [-0.2, -0.15) is 0 Å². The van der Waals surface area contributed by atoms with Gasteiger partial charge in [0.05, 0.1) is 0 Å². The molecule has 124 valence electrons. The maximum absolute atomic E-state index is 5.47. The van der Waals surface area contributed by atoms with Crippen LogP contribution in [-0.4, -0.2) is 13.2 Å². The van der Waals surface area contributed by atoms with E-state index in [1.807, 2.05) is 13.8 Å². The van der Waals surface area contributed by atoms with Crippen LogP contribution in [0.4, 0.5) is 0 Å². The second kappa shape index (κ2) is 24.0. The van der Waals surface area contributed by atoms with E-state index in [9.17, 15) is 0 Å². The van der Waals surface area contributed by atoms with Crippen LogP contribution in [0.15, 0.2) is 0 Å². The van der Waals surface area contributed by atoms with Crippen molar-refractivity contribution in [2.45, 2.75) is 111 Å². The lowest BCUT2D eigenvalue weighted by Gasteiger charge is -2.03. The van der Waals surface area contributed by atoms with Crippen LogP contribution in [0, 0.1) is 0 Å². The fourth-order valence-electron chi connectivity index (χ4n) is 2.29. The topological polar surface area (TPSA) is 9.23 Å². The molecule has 0 heterocycles. The number of hydrogen-bond acceptors (Lipinski definition) is 1. The summed E-state index contributed by atoms with van der Waals surface area (Å²) in [6, 6.07) is 0. The molecule has 0 rings (SSSR count). The molecule has 1 heteroatoms. The number of unbranched alkanes of at least 4 members (excludes halogenated alkanes) is 11. The highest BCUT2D eigenvalue weighted by Crippen LogP contribution is 2.11. The first kappa shape index (κ1) is 22.2. The molecular weight excluding hydrogens is 244 g/mol. The molecule has 0 aliphatic heterocycles. The Morgan fingerprint density at radius 2 is 0.850 bits per heavy atom. The van der Waals surface area contributed by atoms with E-state index < -0.39 is 0 Å². The van der Waals surface area contributed by atoms with Crippen molar-refractivity contribution in [3.63, 3.8) is 0 Å². The molecule has 0 bridgehead atoms. The van der Waals surface area contributed by atoms with Gasteiger partial charge in [-0.25, -0.2) is 0 Å². The van der Waals surface area contributed by atoms with E-state index in [1.54, 1.807) is 0 Å². The third-order valence-electron chi connectivity index (χ3n) is 3.49. The van der Waals surface area contributed by atoms with Crippen LogP contribution < -0.4 is 0 Å². The lowest BCUT2D eigenvalue weighted by atomic mass is 10.1. The van der Waals surface area contributed by atoms with Crippen LogP contribution in [0.25, 0.3) is 0 Å². The normalized spacial score (nSPS) is 10.2. The molecule has 0 fully saturated rings. The average Bonchev–Trinajstić information content (AvgIpc) is 2.50. The van der Waals surface area contributed by atoms with Crippen molar-refractivity contribution in [1.29, 1.82) is 0 Å². The van der Waals surface area contributed by atoms with Gasteiger partial charge in [0.15, 0.2) is 0 Å². The monoisotopic (exact) mass is 286 g/mol. The highest BCUT2D eigenvalue weighted by atomic mass is 16.5. The van der Waals surface area contributed by atoms with Gasteiger partial charge in [0.1, 0.15) is 0 Å². The standard InChI is InChI=1S/C17H36O.C2H6/c1-3-5-6-7-8-9-10-11-12-13-14-15-17-18-16-4-2;1-2/h3-17H2,1-2H3;1-2H3. The maximum atomic E-state index is 5.47. The first-order valence-corrected chi connectivity index (χ1v) is 9.49. The fraction of sp³-hybridized carbons (Fsp3) is 1.00. The summed E-state index contributed by atoms with van der Waals surface area (Å²) in [5.41, 5.74) is 0. The van der Waals surface area contributed by atoms with Gasteiger partial charge in [0, 0.05) is 13.2 Å². The van der Waals surface area contributed by atoms with Gasteiger partial charge in [-0.3, -0.25) is 0 Å². The van der Waals surface area contributed by atoms with Gasteiger partial charge in [0.25, 0.3) is 0 Å². The van der Waals surface area contributed by atoms with Gasteiger partial charge in [-0.15, -0.1) is 0 Å². The van der Waals surface area contributed by atoms with Crippen LogP contribution in [0.3, 0.4) is 0 Å². The molecule has 0 unspecified atom stereocenters. The zero-order valence-electron chi connectivity index (χ0n) is 15.0. The van der Waals surface area contributed by atoms with Gasteiger partial charge in [0.2, 0.25) is 0 Å². The van der Waals surface area contributed by atoms with Crippen molar-refractivity contribution in [3.05, 3.63) is 0 Å². The van der Waals surface area contributed by atoms with E-state index in [4.69, 9.17) is 4.74 Å². The quantitative estimate of drug-likeness (QED) is 0.291. The Hall–Kier alpha value is -0.0400. The molecule has 0 N–H and O–H groups in total. The molecule has 0 amide bonds. The van der Waals surface area contributed by atoms with Gasteiger partial charge >= 0.3 is 0 Å². The number of hydrogen-bond donors (Lipinski definition) is 0. The minimum atomic E-state index is 0.942. The molecule has 0 radical (unpaired) electrons. The lowest BCUT2D eigenvalue weighted by molar-refractivity contribution is 0.130. The van der Waals surface area contributed by atoms with Crippen LogP contribution >= 0.6 is 0 Å². The maximum Gasteiger partial charge on any atom is 0.0466 e. The Morgan fingerprint density at radius 3 is 1.25 bits per heavy atom. The predicted molar refractivity (Wildman–Crippen MR) is 93.5 cm³/mol. The van der Waals surface area contributed by atoms with Gasteiger partial charge < -0.3 is 4.74 Å². The van der Waals surface area contributed by atoms with Crippen molar-refractivity contribution >= 4 is 0 Å². The second-order valence-electron chi connectivity index (χ2n) is 5.50. The van der Waals surface area contributed by atoms with E-state index in [1.165, 1.54) is 77.0 Å². The third-order valence-corrected chi connectivity index (χ3v) is 3.49. The molecule has 0 aliphatic carbocycles. The van der Waals surface area contributed by atoms with Crippen molar-refractivity contribution < 1.29 is 4.74 Å². The Morgan fingerprint density at radius 1 is 0.450 bits per heavy atom. The summed E-state index contributed by atoms with van der Waals surface area (Å²) in [5, 5.41) is 0. The average molecular weight is 287 g/mol. The highest BCUT2D eigenvalue weighted by molar-refractivity contribution is 4.48. The first-order valence-electron chi connectivity index (χ1n) is 9.49. The van der Waals surface area contributed by atoms with Crippen LogP contribution in [0.5, 0.6) is 0 Å². The zero-order chi connectivity index (χ0) is 15.3. The summed E-state index contributed by atoms with van der Waals surface area (Å²) >= 11 is 0. The molecule has 0 aromatic carbocycles. The molecule has 0 spiro atoms. The molecular formula is C19H42O. The van der Waals surface area contributed by atoms with E-state index in [-0.39, 0.29) is 0 Å². The van der Waals surface area contributed by atoms with Crippen LogP contribution in [0.1, 0.15) is 111 Å². The SMILES string of the molecule is CC.CCCCCCCCCCCCCCOCCC. The predicted octanol–water partition coefficient (Wildman–Crippen LogP) is 7.14. The Kier molecular flexibility index (Phi) is 26.7. The number of rotatable bonds is 15. The Bertz CT molecular complexity index is 118.